The number of rotatable bonds is 8. The predicted octanol–water partition coefficient (Wildman–Crippen LogP) is 0.799. The maximum absolute atomic E-state index is 12.0. The SMILES string of the molecule is CCNCc1cccc(CS(=O)(=O)NCc2ncon2)c1. The van der Waals surface area contributed by atoms with Gasteiger partial charge in [0.15, 0.2) is 5.82 Å². The fraction of sp³-hybridized carbons (Fsp3) is 0.385. The standard InChI is InChI=1S/C13H18N4O3S/c1-2-14-7-11-4-3-5-12(6-11)9-21(18,19)16-8-13-15-10-20-17-13/h3-6,10,14,16H,2,7-9H2,1H3. The third-order valence-electron chi connectivity index (χ3n) is 2.78. The first-order chi connectivity index (χ1) is 10.1. The van der Waals surface area contributed by atoms with Crippen LogP contribution in [-0.4, -0.2) is 25.1 Å². The van der Waals surface area contributed by atoms with E-state index in [2.05, 4.69) is 24.7 Å². The quantitative estimate of drug-likeness (QED) is 0.748. The van der Waals surface area contributed by atoms with E-state index in [9.17, 15) is 8.42 Å². The Balaban J connectivity index is 1.95. The van der Waals surface area contributed by atoms with E-state index in [1.165, 1.54) is 0 Å². The molecule has 1 heterocycles. The molecule has 0 amide bonds. The Labute approximate surface area is 123 Å². The third-order valence-corrected chi connectivity index (χ3v) is 4.08. The Morgan fingerprint density at radius 3 is 2.76 bits per heavy atom. The summed E-state index contributed by atoms with van der Waals surface area (Å²) >= 11 is 0. The molecule has 0 radical (unpaired) electrons. The highest BCUT2D eigenvalue weighted by Crippen LogP contribution is 2.09. The Morgan fingerprint density at radius 2 is 2.05 bits per heavy atom. The van der Waals surface area contributed by atoms with Crippen molar-refractivity contribution in [2.24, 2.45) is 0 Å². The average Bonchev–Trinajstić information content (AvgIpc) is 2.96. The van der Waals surface area contributed by atoms with Gasteiger partial charge in [-0.15, -0.1) is 0 Å². The van der Waals surface area contributed by atoms with Crippen LogP contribution in [0, 0.1) is 0 Å². The van der Waals surface area contributed by atoms with Crippen molar-refractivity contribution in [2.75, 3.05) is 6.54 Å². The van der Waals surface area contributed by atoms with Gasteiger partial charge in [0.1, 0.15) is 0 Å². The minimum absolute atomic E-state index is 0.0237. The van der Waals surface area contributed by atoms with Gasteiger partial charge in [-0.2, -0.15) is 4.98 Å². The van der Waals surface area contributed by atoms with Crippen LogP contribution in [0.2, 0.25) is 0 Å². The van der Waals surface area contributed by atoms with Crippen molar-refractivity contribution in [3.8, 4) is 0 Å². The molecule has 7 nitrogen and oxygen atoms in total. The molecule has 0 aliphatic heterocycles. The van der Waals surface area contributed by atoms with Crippen molar-refractivity contribution in [3.63, 3.8) is 0 Å². The summed E-state index contributed by atoms with van der Waals surface area (Å²) in [6.07, 6.45) is 1.16. The Hall–Kier alpha value is -1.77. The number of sulfonamides is 1. The molecule has 0 atom stereocenters. The van der Waals surface area contributed by atoms with E-state index >= 15 is 0 Å². The van der Waals surface area contributed by atoms with Gasteiger partial charge in [-0.1, -0.05) is 36.3 Å². The molecule has 2 rings (SSSR count). The second-order valence-electron chi connectivity index (χ2n) is 4.53. The zero-order chi connectivity index (χ0) is 15.1. The highest BCUT2D eigenvalue weighted by molar-refractivity contribution is 7.88. The molecule has 0 bridgehead atoms. The van der Waals surface area contributed by atoms with Crippen LogP contribution in [0.15, 0.2) is 35.2 Å². The number of hydrogen-bond donors (Lipinski definition) is 2. The smallest absolute Gasteiger partial charge is 0.216 e. The van der Waals surface area contributed by atoms with Crippen molar-refractivity contribution in [1.29, 1.82) is 0 Å². The van der Waals surface area contributed by atoms with E-state index in [1.54, 1.807) is 6.07 Å². The van der Waals surface area contributed by atoms with Crippen molar-refractivity contribution in [1.82, 2.24) is 20.2 Å². The molecular weight excluding hydrogens is 292 g/mol. The molecular formula is C13H18N4O3S. The molecule has 21 heavy (non-hydrogen) atoms. The maximum Gasteiger partial charge on any atom is 0.216 e. The molecule has 0 aliphatic carbocycles. The molecule has 8 heteroatoms. The fourth-order valence-corrected chi connectivity index (χ4v) is 2.88. The average molecular weight is 310 g/mol. The molecule has 0 spiro atoms. The van der Waals surface area contributed by atoms with Crippen LogP contribution >= 0.6 is 0 Å². The van der Waals surface area contributed by atoms with E-state index < -0.39 is 10.0 Å². The van der Waals surface area contributed by atoms with Crippen LogP contribution in [0.25, 0.3) is 0 Å². The number of benzene rings is 1. The van der Waals surface area contributed by atoms with Gasteiger partial charge in [-0.3, -0.25) is 0 Å². The first-order valence-electron chi connectivity index (χ1n) is 6.60. The van der Waals surface area contributed by atoms with E-state index in [1.807, 2.05) is 25.1 Å². The molecule has 1 aromatic carbocycles. The Morgan fingerprint density at radius 1 is 1.24 bits per heavy atom. The second kappa shape index (κ2) is 7.30. The summed E-state index contributed by atoms with van der Waals surface area (Å²) in [6, 6.07) is 7.50. The fourth-order valence-electron chi connectivity index (χ4n) is 1.81. The molecule has 2 aromatic rings. The van der Waals surface area contributed by atoms with E-state index in [0.717, 1.165) is 30.6 Å². The Bertz CT molecular complexity index is 656. The number of aromatic nitrogens is 2. The predicted molar refractivity (Wildman–Crippen MR) is 77.6 cm³/mol. The monoisotopic (exact) mass is 310 g/mol. The molecule has 0 unspecified atom stereocenters. The molecule has 0 saturated heterocycles. The zero-order valence-corrected chi connectivity index (χ0v) is 12.6. The minimum atomic E-state index is -3.44. The van der Waals surface area contributed by atoms with Gasteiger partial charge >= 0.3 is 0 Å². The molecule has 0 aliphatic rings. The lowest BCUT2D eigenvalue weighted by Crippen LogP contribution is -2.25. The molecule has 114 valence electrons. The maximum atomic E-state index is 12.0. The largest absolute Gasteiger partial charge is 0.343 e. The summed E-state index contributed by atoms with van der Waals surface area (Å²) < 4.78 is 31.0. The molecule has 1 aromatic heterocycles. The van der Waals surface area contributed by atoms with Gasteiger partial charge in [0.25, 0.3) is 0 Å². The van der Waals surface area contributed by atoms with Crippen LogP contribution in [-0.2, 0) is 28.9 Å². The molecule has 2 N–H and O–H groups in total. The lowest BCUT2D eigenvalue weighted by atomic mass is 10.1. The number of nitrogens with one attached hydrogen (secondary N) is 2. The highest BCUT2D eigenvalue weighted by atomic mass is 32.2. The normalized spacial score (nSPS) is 11.7. The van der Waals surface area contributed by atoms with E-state index in [4.69, 9.17) is 0 Å². The van der Waals surface area contributed by atoms with Crippen molar-refractivity contribution in [2.45, 2.75) is 25.8 Å². The van der Waals surface area contributed by atoms with Crippen LogP contribution < -0.4 is 10.0 Å². The topological polar surface area (TPSA) is 97.1 Å². The number of nitrogens with zero attached hydrogens (tertiary/aromatic N) is 2. The molecule has 0 saturated carbocycles. The van der Waals surface area contributed by atoms with Gasteiger partial charge in [0, 0.05) is 6.54 Å². The first-order valence-corrected chi connectivity index (χ1v) is 8.25. The van der Waals surface area contributed by atoms with Crippen molar-refractivity contribution >= 4 is 10.0 Å². The van der Waals surface area contributed by atoms with Gasteiger partial charge in [-0.05, 0) is 17.7 Å². The van der Waals surface area contributed by atoms with Crippen molar-refractivity contribution in [3.05, 3.63) is 47.6 Å². The second-order valence-corrected chi connectivity index (χ2v) is 6.33. The summed E-state index contributed by atoms with van der Waals surface area (Å²) in [4.78, 5) is 3.76. The number of hydrogen-bond acceptors (Lipinski definition) is 6. The lowest BCUT2D eigenvalue weighted by Gasteiger charge is -2.07. The van der Waals surface area contributed by atoms with Gasteiger partial charge in [0.2, 0.25) is 16.4 Å². The molecule has 0 fully saturated rings. The van der Waals surface area contributed by atoms with Gasteiger partial charge in [-0.25, -0.2) is 13.1 Å². The summed E-state index contributed by atoms with van der Waals surface area (Å²) in [7, 11) is -3.44. The van der Waals surface area contributed by atoms with Crippen LogP contribution in [0.5, 0.6) is 0 Å². The first kappa shape index (κ1) is 15.6. The van der Waals surface area contributed by atoms with Crippen LogP contribution in [0.4, 0.5) is 0 Å². The van der Waals surface area contributed by atoms with Gasteiger partial charge < -0.3 is 9.84 Å². The van der Waals surface area contributed by atoms with E-state index in [0.29, 0.717) is 5.82 Å². The van der Waals surface area contributed by atoms with Crippen molar-refractivity contribution < 1.29 is 12.9 Å². The lowest BCUT2D eigenvalue weighted by molar-refractivity contribution is 0.409. The summed E-state index contributed by atoms with van der Waals surface area (Å²) in [5, 5.41) is 6.76. The van der Waals surface area contributed by atoms with E-state index in [-0.39, 0.29) is 12.3 Å². The summed E-state index contributed by atoms with van der Waals surface area (Å²) in [5.41, 5.74) is 1.80. The minimum Gasteiger partial charge on any atom is -0.343 e. The van der Waals surface area contributed by atoms with Gasteiger partial charge in [0.05, 0.1) is 12.3 Å². The summed E-state index contributed by atoms with van der Waals surface area (Å²) in [5.74, 6) is 0.227. The van der Waals surface area contributed by atoms with Crippen LogP contribution in [0.1, 0.15) is 23.9 Å². The highest BCUT2D eigenvalue weighted by Gasteiger charge is 2.13. The third kappa shape index (κ3) is 5.25. The zero-order valence-electron chi connectivity index (χ0n) is 11.7. The summed E-state index contributed by atoms with van der Waals surface area (Å²) in [6.45, 7) is 3.64. The van der Waals surface area contributed by atoms with Crippen LogP contribution in [0.3, 0.4) is 0 Å². The Kier molecular flexibility index (Phi) is 5.43.